The van der Waals surface area contributed by atoms with Crippen LogP contribution in [0.4, 0.5) is 0 Å². The molecule has 5 nitrogen and oxygen atoms in total. The minimum absolute atomic E-state index is 0.0438. The minimum atomic E-state index is -0.165. The average molecular weight is 460 g/mol. The van der Waals surface area contributed by atoms with Gasteiger partial charge in [0.25, 0.3) is 5.91 Å². The molecule has 6 heteroatoms. The van der Waals surface area contributed by atoms with Crippen LogP contribution in [0.5, 0.6) is 0 Å². The molecule has 32 heavy (non-hydrogen) atoms. The Balaban J connectivity index is 1.59. The quantitative estimate of drug-likeness (QED) is 0.591. The second-order valence-corrected chi connectivity index (χ2v) is 10.5. The molecule has 1 aromatic rings. The van der Waals surface area contributed by atoms with Gasteiger partial charge >= 0.3 is 0 Å². The summed E-state index contributed by atoms with van der Waals surface area (Å²) in [6.07, 6.45) is 5.16. The number of dihydropyridines is 1. The van der Waals surface area contributed by atoms with Gasteiger partial charge in [0.1, 0.15) is 0 Å². The molecule has 3 rings (SSSR count). The maximum Gasteiger partial charge on any atom is 0.252 e. The third-order valence-corrected chi connectivity index (χ3v) is 6.95. The number of rotatable bonds is 8. The van der Waals surface area contributed by atoms with Crippen LogP contribution in [0.1, 0.15) is 58.9 Å². The van der Waals surface area contributed by atoms with Crippen molar-refractivity contribution in [2.45, 2.75) is 65.6 Å². The Labute approximate surface area is 198 Å². The van der Waals surface area contributed by atoms with E-state index >= 15 is 0 Å². The van der Waals surface area contributed by atoms with Crippen LogP contribution < -0.4 is 5.32 Å². The molecule has 0 aromatic heterocycles. The van der Waals surface area contributed by atoms with E-state index < -0.39 is 0 Å². The number of ether oxygens (including phenoxy) is 1. The van der Waals surface area contributed by atoms with Crippen molar-refractivity contribution in [1.29, 1.82) is 0 Å². The highest BCUT2D eigenvalue weighted by Crippen LogP contribution is 2.42. The van der Waals surface area contributed by atoms with Crippen LogP contribution in [0.25, 0.3) is 0 Å². The summed E-state index contributed by atoms with van der Waals surface area (Å²) in [5, 5.41) is 4.04. The summed E-state index contributed by atoms with van der Waals surface area (Å²) in [6, 6.07) is 8.39. The number of amides is 1. The number of likely N-dealkylation sites (tertiary alicyclic amines) is 1. The number of carbonyl (C=O) groups excluding carboxylic acids is 1. The monoisotopic (exact) mass is 459 g/mol. The van der Waals surface area contributed by atoms with Gasteiger partial charge in [-0.15, -0.1) is 0 Å². The standard InChI is InChI=1S/C26H38ClN3O2/c1-6-32-24-12-9-20(15-28-24)25(31)29-23(18(2)3)16-30-14-13-22(26(4,5)17-30)19-7-10-21(27)11-8-19/h7-11,15,18,22-24H,6,12-14,16-17H2,1-5H3,(H,29,31)/t22?,23-,24?/m0/s1. The Morgan fingerprint density at radius 2 is 2.03 bits per heavy atom. The molecule has 2 heterocycles. The van der Waals surface area contributed by atoms with Gasteiger partial charge in [0, 0.05) is 43.4 Å². The zero-order valence-electron chi connectivity index (χ0n) is 20.1. The predicted octanol–water partition coefficient (Wildman–Crippen LogP) is 5.06. The zero-order chi connectivity index (χ0) is 23.3. The number of piperidine rings is 1. The van der Waals surface area contributed by atoms with E-state index in [4.69, 9.17) is 16.3 Å². The lowest BCUT2D eigenvalue weighted by Crippen LogP contribution is -2.52. The van der Waals surface area contributed by atoms with Crippen LogP contribution in [0.15, 0.2) is 40.9 Å². The van der Waals surface area contributed by atoms with E-state index in [0.29, 0.717) is 30.4 Å². The van der Waals surface area contributed by atoms with Crippen molar-refractivity contribution in [3.63, 3.8) is 0 Å². The average Bonchev–Trinajstić information content (AvgIpc) is 2.74. The van der Waals surface area contributed by atoms with Crippen LogP contribution in [0.2, 0.25) is 5.02 Å². The Bertz CT molecular complexity index is 832. The van der Waals surface area contributed by atoms with Crippen molar-refractivity contribution in [3.8, 4) is 0 Å². The molecule has 1 aromatic carbocycles. The molecule has 1 N–H and O–H groups in total. The molecule has 1 amide bonds. The van der Waals surface area contributed by atoms with Crippen molar-refractivity contribution >= 4 is 23.7 Å². The van der Waals surface area contributed by atoms with Crippen molar-refractivity contribution < 1.29 is 9.53 Å². The Morgan fingerprint density at radius 1 is 1.31 bits per heavy atom. The minimum Gasteiger partial charge on any atom is -0.357 e. The van der Waals surface area contributed by atoms with Crippen molar-refractivity contribution in [2.75, 3.05) is 26.2 Å². The largest absolute Gasteiger partial charge is 0.357 e. The molecule has 2 aliphatic heterocycles. The number of nitrogens with one attached hydrogen (secondary N) is 1. The third-order valence-electron chi connectivity index (χ3n) is 6.70. The van der Waals surface area contributed by atoms with Gasteiger partial charge < -0.3 is 15.0 Å². The van der Waals surface area contributed by atoms with Gasteiger partial charge in [0.15, 0.2) is 6.23 Å². The third kappa shape index (κ3) is 6.43. The second kappa shape index (κ2) is 11.0. The molecular weight excluding hydrogens is 422 g/mol. The van der Waals surface area contributed by atoms with E-state index in [1.165, 1.54) is 5.56 Å². The zero-order valence-corrected chi connectivity index (χ0v) is 20.9. The predicted molar refractivity (Wildman–Crippen MR) is 132 cm³/mol. The van der Waals surface area contributed by atoms with Gasteiger partial charge in [-0.3, -0.25) is 9.79 Å². The summed E-state index contributed by atoms with van der Waals surface area (Å²) in [5.41, 5.74) is 2.14. The normalized spacial score (nSPS) is 24.3. The second-order valence-electron chi connectivity index (χ2n) is 10.0. The van der Waals surface area contributed by atoms with Gasteiger partial charge in [0.2, 0.25) is 0 Å². The van der Waals surface area contributed by atoms with E-state index in [9.17, 15) is 4.79 Å². The fourth-order valence-electron chi connectivity index (χ4n) is 4.85. The van der Waals surface area contributed by atoms with Crippen LogP contribution in [0, 0.1) is 11.3 Å². The first-order chi connectivity index (χ1) is 15.2. The Hall–Kier alpha value is -1.69. The maximum absolute atomic E-state index is 12.9. The highest BCUT2D eigenvalue weighted by atomic mass is 35.5. The van der Waals surface area contributed by atoms with Gasteiger partial charge in [-0.2, -0.15) is 0 Å². The van der Waals surface area contributed by atoms with Gasteiger partial charge in [0.05, 0.1) is 5.57 Å². The fraction of sp³-hybridized carbons (Fsp3) is 0.615. The number of carbonyl (C=O) groups is 1. The highest BCUT2D eigenvalue weighted by Gasteiger charge is 2.37. The number of hydrogen-bond acceptors (Lipinski definition) is 4. The summed E-state index contributed by atoms with van der Waals surface area (Å²) in [5.74, 6) is 0.802. The topological polar surface area (TPSA) is 53.9 Å². The molecular formula is C26H38ClN3O2. The van der Waals surface area contributed by atoms with Crippen molar-refractivity contribution in [1.82, 2.24) is 10.2 Å². The Morgan fingerprint density at radius 3 is 2.59 bits per heavy atom. The molecule has 1 fully saturated rings. The lowest BCUT2D eigenvalue weighted by molar-refractivity contribution is -0.118. The molecule has 2 unspecified atom stereocenters. The molecule has 1 saturated heterocycles. The van der Waals surface area contributed by atoms with E-state index in [-0.39, 0.29) is 23.6 Å². The molecule has 2 aliphatic rings. The first-order valence-electron chi connectivity index (χ1n) is 11.8. The van der Waals surface area contributed by atoms with E-state index in [0.717, 1.165) is 31.1 Å². The van der Waals surface area contributed by atoms with Gasteiger partial charge in [-0.05, 0) is 54.8 Å². The number of halogens is 1. The lowest BCUT2D eigenvalue weighted by atomic mass is 9.70. The summed E-state index contributed by atoms with van der Waals surface area (Å²) < 4.78 is 5.51. The smallest absolute Gasteiger partial charge is 0.252 e. The SMILES string of the molecule is CCOC1CC=C(C(=O)N[C@@H](CN2CCC(c3ccc(Cl)cc3)C(C)(C)C2)C(C)C)C=N1. The number of hydrogen-bond donors (Lipinski definition) is 1. The highest BCUT2D eigenvalue weighted by molar-refractivity contribution is 6.30. The fourth-order valence-corrected chi connectivity index (χ4v) is 4.98. The van der Waals surface area contributed by atoms with Crippen LogP contribution in [-0.2, 0) is 9.53 Å². The molecule has 3 atom stereocenters. The Kier molecular flexibility index (Phi) is 8.54. The molecule has 0 aliphatic carbocycles. The molecule has 0 bridgehead atoms. The number of nitrogens with zero attached hydrogens (tertiary/aromatic N) is 2. The van der Waals surface area contributed by atoms with Crippen molar-refractivity contribution in [2.24, 2.45) is 16.3 Å². The van der Waals surface area contributed by atoms with E-state index in [2.05, 4.69) is 55.0 Å². The molecule has 176 valence electrons. The van der Waals surface area contributed by atoms with Crippen LogP contribution in [-0.4, -0.2) is 55.5 Å². The van der Waals surface area contributed by atoms with Crippen molar-refractivity contribution in [3.05, 3.63) is 46.5 Å². The summed E-state index contributed by atoms with van der Waals surface area (Å²) in [4.78, 5) is 19.7. The molecule has 0 spiro atoms. The van der Waals surface area contributed by atoms with Crippen LogP contribution in [0.3, 0.4) is 0 Å². The van der Waals surface area contributed by atoms with Gasteiger partial charge in [-0.25, -0.2) is 0 Å². The number of benzene rings is 1. The molecule has 0 saturated carbocycles. The van der Waals surface area contributed by atoms with Gasteiger partial charge in [-0.1, -0.05) is 57.5 Å². The molecule has 0 radical (unpaired) electrons. The summed E-state index contributed by atoms with van der Waals surface area (Å²) in [7, 11) is 0. The lowest BCUT2D eigenvalue weighted by Gasteiger charge is -2.46. The van der Waals surface area contributed by atoms with E-state index in [1.54, 1.807) is 6.21 Å². The summed E-state index contributed by atoms with van der Waals surface area (Å²) in [6.45, 7) is 14.5. The summed E-state index contributed by atoms with van der Waals surface area (Å²) >= 11 is 6.09. The first kappa shape index (κ1) is 24.9. The van der Waals surface area contributed by atoms with Crippen LogP contribution >= 0.6 is 11.6 Å². The number of aliphatic imine (C=N–C) groups is 1. The maximum atomic E-state index is 12.9. The first-order valence-corrected chi connectivity index (χ1v) is 12.2. The van der Waals surface area contributed by atoms with E-state index in [1.807, 2.05) is 25.1 Å².